The van der Waals surface area contributed by atoms with Gasteiger partial charge in [-0.2, -0.15) is 0 Å². The lowest BCUT2D eigenvalue weighted by atomic mass is 9.83. The number of aliphatic carboxylic acids is 1. The Hall–Kier alpha value is -2.00. The van der Waals surface area contributed by atoms with Crippen molar-refractivity contribution in [2.24, 2.45) is 0 Å². The van der Waals surface area contributed by atoms with Crippen LogP contribution in [0, 0.1) is 5.53 Å². The van der Waals surface area contributed by atoms with E-state index < -0.39 is 5.97 Å². The second-order valence-corrected chi connectivity index (χ2v) is 3.58. The molecule has 84 valence electrons. The maximum absolute atomic E-state index is 10.9. The molecule has 1 atom stereocenters. The molecule has 0 fully saturated rings. The first-order valence-corrected chi connectivity index (χ1v) is 5.02. The van der Waals surface area contributed by atoms with Crippen molar-refractivity contribution in [3.63, 3.8) is 0 Å². The van der Waals surface area contributed by atoms with Crippen molar-refractivity contribution in [3.05, 3.63) is 45.8 Å². The fourth-order valence-corrected chi connectivity index (χ4v) is 2.01. The second kappa shape index (κ2) is 5.78. The van der Waals surface area contributed by atoms with Crippen LogP contribution in [-0.2, 0) is 11.2 Å². The van der Waals surface area contributed by atoms with E-state index in [9.17, 15) is 4.79 Å². The largest absolute Gasteiger partial charge is 0.481 e. The predicted octanol–water partition coefficient (Wildman–Crippen LogP) is 3.07. The lowest BCUT2D eigenvalue weighted by molar-refractivity contribution is -0.139. The van der Waals surface area contributed by atoms with Crippen LogP contribution in [0.4, 0.5) is 0 Å². The van der Waals surface area contributed by atoms with Gasteiger partial charge >= 0.3 is 5.97 Å². The average Bonchev–Trinajstić information content (AvgIpc) is 2.29. The van der Waals surface area contributed by atoms with Gasteiger partial charge in [-0.15, -0.1) is 5.53 Å². The van der Waals surface area contributed by atoms with Crippen LogP contribution in [0.1, 0.15) is 29.9 Å². The molecule has 2 N–H and O–H groups in total. The fraction of sp³-hybridized carbons (Fsp3) is 0.364. The summed E-state index contributed by atoms with van der Waals surface area (Å²) in [6.45, 7) is 0. The van der Waals surface area contributed by atoms with Crippen molar-refractivity contribution in [2.75, 3.05) is 0 Å². The number of nitrogens with zero attached hydrogens (tertiary/aromatic N) is 2. The molecule has 0 aromatic heterocycles. The van der Waals surface area contributed by atoms with Gasteiger partial charge in [-0.3, -0.25) is 4.79 Å². The first kappa shape index (κ1) is 12.1. The zero-order chi connectivity index (χ0) is 12.0. The average molecular weight is 219 g/mol. The van der Waals surface area contributed by atoms with E-state index in [-0.39, 0.29) is 5.92 Å². The van der Waals surface area contributed by atoms with Crippen molar-refractivity contribution >= 4 is 5.97 Å². The summed E-state index contributed by atoms with van der Waals surface area (Å²) in [5.41, 5.74) is 14.5. The van der Waals surface area contributed by atoms with Crippen LogP contribution >= 0.6 is 0 Å². The maximum Gasteiger partial charge on any atom is 0.310 e. The molecule has 16 heavy (non-hydrogen) atoms. The zero-order valence-corrected chi connectivity index (χ0v) is 8.76. The van der Waals surface area contributed by atoms with Gasteiger partial charge in [0.25, 0.3) is 0 Å². The minimum atomic E-state index is -0.688. The third kappa shape index (κ3) is 2.74. The van der Waals surface area contributed by atoms with Crippen molar-refractivity contribution in [1.82, 2.24) is 0 Å². The van der Waals surface area contributed by atoms with Gasteiger partial charge in [-0.1, -0.05) is 24.3 Å². The van der Waals surface area contributed by atoms with Crippen LogP contribution < -0.4 is 0 Å². The highest BCUT2D eigenvalue weighted by Gasteiger charge is 2.25. The number of carboxylic acid groups (broad SMARTS) is 1. The Balaban J connectivity index is 0.000000386. The predicted molar refractivity (Wildman–Crippen MR) is 59.2 cm³/mol. The summed E-state index contributed by atoms with van der Waals surface area (Å²) < 4.78 is 0. The molecule has 5 nitrogen and oxygen atoms in total. The molecule has 1 aromatic rings. The standard InChI is InChI=1S/C11H12O2.HN3/c12-11(13)10-7-3-5-8-4-1-2-6-9(8)10;1-3-2/h1-2,4,6,10H,3,5,7H2,(H,12,13);1H. The highest BCUT2D eigenvalue weighted by molar-refractivity contribution is 5.77. The molecule has 0 bridgehead atoms. The molecule has 0 spiro atoms. The molecule has 0 radical (unpaired) electrons. The number of hydrogen-bond donors (Lipinski definition) is 2. The van der Waals surface area contributed by atoms with E-state index >= 15 is 0 Å². The van der Waals surface area contributed by atoms with E-state index in [0.29, 0.717) is 0 Å². The Morgan fingerprint density at radius 2 is 2.12 bits per heavy atom. The van der Waals surface area contributed by atoms with Crippen molar-refractivity contribution in [2.45, 2.75) is 25.2 Å². The van der Waals surface area contributed by atoms with Gasteiger partial charge in [0.2, 0.25) is 0 Å². The molecule has 0 aliphatic heterocycles. The normalized spacial score (nSPS) is 17.4. The molecule has 5 heteroatoms. The summed E-state index contributed by atoms with van der Waals surface area (Å²) in [6, 6.07) is 7.86. The third-order valence-electron chi connectivity index (χ3n) is 2.67. The van der Waals surface area contributed by atoms with Gasteiger partial charge in [0.1, 0.15) is 0 Å². The first-order chi connectivity index (χ1) is 7.70. The summed E-state index contributed by atoms with van der Waals surface area (Å²) in [6.07, 6.45) is 2.81. The Labute approximate surface area is 93.1 Å². The highest BCUT2D eigenvalue weighted by atomic mass is 16.4. The molecule has 0 saturated heterocycles. The Morgan fingerprint density at radius 3 is 2.75 bits per heavy atom. The minimum Gasteiger partial charge on any atom is -0.481 e. The van der Waals surface area contributed by atoms with Crippen molar-refractivity contribution in [3.8, 4) is 0 Å². The molecule has 0 heterocycles. The first-order valence-electron chi connectivity index (χ1n) is 5.02. The summed E-state index contributed by atoms with van der Waals surface area (Å²) in [5, 5.41) is 8.99. The van der Waals surface area contributed by atoms with E-state index in [0.717, 1.165) is 24.8 Å². The lowest BCUT2D eigenvalue weighted by Gasteiger charge is -2.21. The summed E-state index contributed by atoms with van der Waals surface area (Å²) in [4.78, 5) is 12.7. The Bertz CT molecular complexity index is 411. The smallest absolute Gasteiger partial charge is 0.310 e. The minimum absolute atomic E-state index is 0.273. The fourth-order valence-electron chi connectivity index (χ4n) is 2.01. The van der Waals surface area contributed by atoms with Crippen LogP contribution in [0.5, 0.6) is 0 Å². The summed E-state index contributed by atoms with van der Waals surface area (Å²) in [5.74, 6) is -0.961. The third-order valence-corrected chi connectivity index (χ3v) is 2.67. The number of benzene rings is 1. The van der Waals surface area contributed by atoms with Crippen LogP contribution in [0.2, 0.25) is 0 Å². The Morgan fingerprint density at radius 1 is 1.50 bits per heavy atom. The number of hydrogen-bond acceptors (Lipinski definition) is 2. The van der Waals surface area contributed by atoms with Crippen LogP contribution in [0.25, 0.3) is 10.4 Å². The number of aryl methyl sites for hydroxylation is 1. The molecule has 1 aromatic carbocycles. The maximum atomic E-state index is 10.9. The van der Waals surface area contributed by atoms with E-state index in [4.69, 9.17) is 16.2 Å². The van der Waals surface area contributed by atoms with Crippen molar-refractivity contribution < 1.29 is 9.90 Å². The molecule has 1 unspecified atom stereocenters. The van der Waals surface area contributed by atoms with Crippen LogP contribution in [-0.4, -0.2) is 11.1 Å². The van der Waals surface area contributed by atoms with E-state index in [1.807, 2.05) is 24.3 Å². The van der Waals surface area contributed by atoms with E-state index in [1.54, 1.807) is 4.91 Å². The molecule has 1 aliphatic carbocycles. The van der Waals surface area contributed by atoms with Gasteiger partial charge in [-0.05, 0) is 40.8 Å². The van der Waals surface area contributed by atoms with Crippen molar-refractivity contribution in [1.29, 1.82) is 5.53 Å². The number of carbonyl (C=O) groups is 1. The van der Waals surface area contributed by atoms with Gasteiger partial charge in [0.15, 0.2) is 0 Å². The van der Waals surface area contributed by atoms with E-state index in [1.165, 1.54) is 5.56 Å². The molecular formula is C11H13N3O2. The highest BCUT2D eigenvalue weighted by Crippen LogP contribution is 2.31. The number of fused-ring (bicyclic) bond motifs is 1. The molecule has 1 aliphatic rings. The quantitative estimate of drug-likeness (QED) is 0.431. The monoisotopic (exact) mass is 219 g/mol. The molecule has 2 rings (SSSR count). The van der Waals surface area contributed by atoms with Gasteiger partial charge < -0.3 is 5.11 Å². The van der Waals surface area contributed by atoms with Gasteiger partial charge in [0, 0.05) is 0 Å². The van der Waals surface area contributed by atoms with Crippen LogP contribution in [0.15, 0.2) is 24.3 Å². The summed E-state index contributed by atoms with van der Waals surface area (Å²) >= 11 is 0. The van der Waals surface area contributed by atoms with Crippen LogP contribution in [0.3, 0.4) is 0 Å². The Kier molecular flexibility index (Phi) is 4.36. The number of nitrogens with one attached hydrogen (secondary N) is 1. The molecule has 0 saturated carbocycles. The molecule has 0 amide bonds. The van der Waals surface area contributed by atoms with Gasteiger partial charge in [0.05, 0.1) is 5.92 Å². The lowest BCUT2D eigenvalue weighted by Crippen LogP contribution is -2.17. The molecular weight excluding hydrogens is 206 g/mol. The zero-order valence-electron chi connectivity index (χ0n) is 8.76. The summed E-state index contributed by atoms with van der Waals surface area (Å²) in [7, 11) is 0. The second-order valence-electron chi connectivity index (χ2n) is 3.58. The van der Waals surface area contributed by atoms with E-state index in [2.05, 4.69) is 0 Å². The SMILES string of the molecule is O=C(O)C1CCCc2ccccc21.[N-]=[N+]=N. The number of carboxylic acids is 1. The number of rotatable bonds is 1. The topological polar surface area (TPSA) is 97.5 Å². The van der Waals surface area contributed by atoms with Gasteiger partial charge in [-0.25, -0.2) is 0 Å².